The predicted octanol–water partition coefficient (Wildman–Crippen LogP) is 3.62. The summed E-state index contributed by atoms with van der Waals surface area (Å²) in [4.78, 5) is 15.9. The lowest BCUT2D eigenvalue weighted by Crippen LogP contribution is -1.99. The van der Waals surface area contributed by atoms with E-state index in [1.807, 2.05) is 30.3 Å². The molecule has 0 bridgehead atoms. The first-order valence-electron chi connectivity index (χ1n) is 6.99. The molecule has 1 heterocycles. The Morgan fingerprint density at radius 1 is 1.00 bits per heavy atom. The van der Waals surface area contributed by atoms with E-state index >= 15 is 0 Å². The van der Waals surface area contributed by atoms with Gasteiger partial charge in [-0.2, -0.15) is 0 Å². The van der Waals surface area contributed by atoms with Crippen LogP contribution >= 0.6 is 0 Å². The number of nitrogens with zero attached hydrogens (tertiary/aromatic N) is 1. The van der Waals surface area contributed by atoms with E-state index in [1.54, 1.807) is 32.4 Å². The van der Waals surface area contributed by atoms with Crippen LogP contribution in [0.4, 0.5) is 0 Å². The van der Waals surface area contributed by atoms with Crippen molar-refractivity contribution in [2.45, 2.75) is 0 Å². The molecule has 0 aliphatic carbocycles. The molecule has 0 saturated heterocycles. The highest BCUT2D eigenvalue weighted by atomic mass is 16.5. The summed E-state index contributed by atoms with van der Waals surface area (Å²) >= 11 is 0. The zero-order valence-electron chi connectivity index (χ0n) is 12.7. The summed E-state index contributed by atoms with van der Waals surface area (Å²) in [7, 11) is 3.16. The predicted molar refractivity (Wildman–Crippen MR) is 87.2 cm³/mol. The minimum atomic E-state index is -0.997. The number of benzene rings is 2. The fourth-order valence-corrected chi connectivity index (χ4v) is 2.44. The molecule has 0 amide bonds. The number of aromatic nitrogens is 1. The number of hydrogen-bond acceptors (Lipinski definition) is 4. The molecule has 1 N–H and O–H groups in total. The average Bonchev–Trinajstić information content (AvgIpc) is 2.60. The van der Waals surface area contributed by atoms with Crippen molar-refractivity contribution in [1.29, 1.82) is 0 Å². The second-order valence-corrected chi connectivity index (χ2v) is 4.98. The van der Waals surface area contributed by atoms with Crippen LogP contribution in [0.25, 0.3) is 22.2 Å². The van der Waals surface area contributed by atoms with E-state index in [1.165, 1.54) is 0 Å². The number of pyridine rings is 1. The molecule has 0 radical (unpaired) electrons. The number of methoxy groups -OCH3 is 2. The van der Waals surface area contributed by atoms with Crippen molar-refractivity contribution in [1.82, 2.24) is 4.98 Å². The van der Waals surface area contributed by atoms with Gasteiger partial charge in [-0.25, -0.2) is 9.78 Å². The molecule has 0 atom stereocenters. The Bertz CT molecular complexity index is 867. The smallest absolute Gasteiger partial charge is 0.337 e. The molecule has 5 heteroatoms. The fraction of sp³-hybridized carbons (Fsp3) is 0.111. The lowest BCUT2D eigenvalue weighted by atomic mass is 10.1. The number of carboxylic acids is 1. The molecule has 0 spiro atoms. The number of carboxylic acid groups (broad SMARTS) is 1. The third-order valence-corrected chi connectivity index (χ3v) is 3.60. The van der Waals surface area contributed by atoms with E-state index in [0.29, 0.717) is 22.7 Å². The average molecular weight is 309 g/mol. The summed E-state index contributed by atoms with van der Waals surface area (Å²) in [5.74, 6) is 0.295. The van der Waals surface area contributed by atoms with Crippen LogP contribution in [0.5, 0.6) is 11.5 Å². The zero-order valence-corrected chi connectivity index (χ0v) is 12.7. The number of aromatic carboxylic acids is 1. The maximum atomic E-state index is 11.4. The number of carbonyl (C=O) groups is 1. The fourth-order valence-electron chi connectivity index (χ4n) is 2.44. The molecule has 0 unspecified atom stereocenters. The third-order valence-electron chi connectivity index (χ3n) is 3.60. The number of fused-ring (bicyclic) bond motifs is 1. The number of ether oxygens (including phenoxy) is 2. The van der Waals surface area contributed by atoms with Crippen LogP contribution in [0.2, 0.25) is 0 Å². The van der Waals surface area contributed by atoms with Crippen LogP contribution in [0.15, 0.2) is 48.5 Å². The van der Waals surface area contributed by atoms with E-state index in [0.717, 1.165) is 10.9 Å². The summed E-state index contributed by atoms with van der Waals surface area (Å²) in [6.45, 7) is 0. The first-order chi connectivity index (χ1) is 11.1. The van der Waals surface area contributed by atoms with Gasteiger partial charge in [0, 0.05) is 17.0 Å². The van der Waals surface area contributed by atoms with Gasteiger partial charge >= 0.3 is 5.97 Å². The Balaban J connectivity index is 2.21. The van der Waals surface area contributed by atoms with Gasteiger partial charge in [-0.1, -0.05) is 18.2 Å². The number of para-hydroxylation sites is 1. The second-order valence-electron chi connectivity index (χ2n) is 4.98. The van der Waals surface area contributed by atoms with E-state index in [-0.39, 0.29) is 5.56 Å². The van der Waals surface area contributed by atoms with Crippen molar-refractivity contribution in [3.63, 3.8) is 0 Å². The Kier molecular flexibility index (Phi) is 3.85. The summed E-state index contributed by atoms with van der Waals surface area (Å²) in [5, 5.41) is 10.1. The molecule has 2 aromatic carbocycles. The van der Waals surface area contributed by atoms with Crippen LogP contribution < -0.4 is 9.47 Å². The quantitative estimate of drug-likeness (QED) is 0.797. The van der Waals surface area contributed by atoms with Gasteiger partial charge < -0.3 is 14.6 Å². The third kappa shape index (κ3) is 2.81. The Morgan fingerprint density at radius 2 is 1.70 bits per heavy atom. The Labute approximate surface area is 133 Å². The van der Waals surface area contributed by atoms with Crippen molar-refractivity contribution in [3.05, 3.63) is 54.1 Å². The second kappa shape index (κ2) is 5.96. The van der Waals surface area contributed by atoms with Crippen LogP contribution in [0.3, 0.4) is 0 Å². The van der Waals surface area contributed by atoms with Crippen LogP contribution in [0.1, 0.15) is 10.4 Å². The number of rotatable bonds is 4. The van der Waals surface area contributed by atoms with Gasteiger partial charge in [0.15, 0.2) is 0 Å². The van der Waals surface area contributed by atoms with Gasteiger partial charge in [0.05, 0.1) is 31.0 Å². The SMILES string of the molecule is COc1cc(OC)cc(-c2ccc3cccc(C(=O)O)c3n2)c1. The maximum Gasteiger partial charge on any atom is 0.337 e. The Morgan fingerprint density at radius 3 is 2.30 bits per heavy atom. The highest BCUT2D eigenvalue weighted by Gasteiger charge is 2.12. The summed E-state index contributed by atoms with van der Waals surface area (Å²) in [6.07, 6.45) is 0. The van der Waals surface area contributed by atoms with Gasteiger partial charge in [-0.05, 0) is 24.3 Å². The van der Waals surface area contributed by atoms with Crippen molar-refractivity contribution < 1.29 is 19.4 Å². The topological polar surface area (TPSA) is 68.7 Å². The molecule has 5 nitrogen and oxygen atoms in total. The van der Waals surface area contributed by atoms with Crippen molar-refractivity contribution in [2.75, 3.05) is 14.2 Å². The van der Waals surface area contributed by atoms with E-state index in [4.69, 9.17) is 9.47 Å². The summed E-state index contributed by atoms with van der Waals surface area (Å²) in [6, 6.07) is 14.2. The Hall–Kier alpha value is -3.08. The molecule has 1 aromatic heterocycles. The van der Waals surface area contributed by atoms with Gasteiger partial charge in [0.1, 0.15) is 11.5 Å². The van der Waals surface area contributed by atoms with E-state index in [9.17, 15) is 9.90 Å². The molecule has 0 aliphatic heterocycles. The van der Waals surface area contributed by atoms with Crippen molar-refractivity contribution >= 4 is 16.9 Å². The van der Waals surface area contributed by atoms with Crippen molar-refractivity contribution in [2.24, 2.45) is 0 Å². The molecule has 0 saturated carbocycles. The summed E-state index contributed by atoms with van der Waals surface area (Å²) in [5.41, 5.74) is 2.09. The lowest BCUT2D eigenvalue weighted by molar-refractivity contribution is 0.0699. The lowest BCUT2D eigenvalue weighted by Gasteiger charge is -2.09. The van der Waals surface area contributed by atoms with Crippen molar-refractivity contribution in [3.8, 4) is 22.8 Å². The monoisotopic (exact) mass is 309 g/mol. The first-order valence-corrected chi connectivity index (χ1v) is 6.99. The standard InChI is InChI=1S/C18H15NO4/c1-22-13-8-12(9-14(10-13)23-2)16-7-6-11-4-3-5-15(18(20)21)17(11)19-16/h3-10H,1-2H3,(H,20,21). The normalized spacial score (nSPS) is 10.5. The highest BCUT2D eigenvalue weighted by Crippen LogP contribution is 2.30. The van der Waals surface area contributed by atoms with E-state index in [2.05, 4.69) is 4.98 Å². The largest absolute Gasteiger partial charge is 0.497 e. The summed E-state index contributed by atoms with van der Waals surface area (Å²) < 4.78 is 10.5. The molecular formula is C18H15NO4. The number of hydrogen-bond donors (Lipinski definition) is 1. The van der Waals surface area contributed by atoms with Crippen LogP contribution in [-0.4, -0.2) is 30.3 Å². The minimum Gasteiger partial charge on any atom is -0.497 e. The van der Waals surface area contributed by atoms with E-state index < -0.39 is 5.97 Å². The van der Waals surface area contributed by atoms with Gasteiger partial charge in [0.2, 0.25) is 0 Å². The highest BCUT2D eigenvalue weighted by molar-refractivity contribution is 6.02. The molecular weight excluding hydrogens is 294 g/mol. The maximum absolute atomic E-state index is 11.4. The first kappa shape index (κ1) is 14.8. The zero-order chi connectivity index (χ0) is 16.4. The molecule has 0 fully saturated rings. The minimum absolute atomic E-state index is 0.180. The molecule has 0 aliphatic rings. The molecule has 3 rings (SSSR count). The van der Waals surface area contributed by atoms with Crippen LogP contribution in [0, 0.1) is 0 Å². The van der Waals surface area contributed by atoms with Gasteiger partial charge in [-0.15, -0.1) is 0 Å². The molecule has 3 aromatic rings. The molecule has 116 valence electrons. The van der Waals surface area contributed by atoms with Crippen LogP contribution in [-0.2, 0) is 0 Å². The van der Waals surface area contributed by atoms with Gasteiger partial charge in [-0.3, -0.25) is 0 Å². The van der Waals surface area contributed by atoms with Gasteiger partial charge in [0.25, 0.3) is 0 Å². The molecule has 23 heavy (non-hydrogen) atoms.